The van der Waals surface area contributed by atoms with Gasteiger partial charge in [-0.1, -0.05) is 26.8 Å². The fraction of sp³-hybridized carbons (Fsp3) is 0.556. The van der Waals surface area contributed by atoms with Crippen LogP contribution in [0.2, 0.25) is 0 Å². The highest BCUT2D eigenvalue weighted by atomic mass is 16.2. The van der Waals surface area contributed by atoms with Crippen molar-refractivity contribution in [3.05, 3.63) is 30.1 Å². The zero-order valence-electron chi connectivity index (χ0n) is 14.3. The van der Waals surface area contributed by atoms with Crippen molar-refractivity contribution in [2.45, 2.75) is 46.6 Å². The molecule has 1 saturated carbocycles. The number of piperidine rings is 1. The molecule has 2 fully saturated rings. The topological polar surface area (TPSA) is 88.2 Å². The number of nitrogens with zero attached hydrogens (tertiary/aromatic N) is 1. The van der Waals surface area contributed by atoms with Gasteiger partial charge in [-0.2, -0.15) is 0 Å². The van der Waals surface area contributed by atoms with Gasteiger partial charge < -0.3 is 5.32 Å². The maximum absolute atomic E-state index is 12.8. The SMILES string of the molecule is CC1(C(=O)NCc2cccnc2)CC2(C)CC(C)(C1)C(=O)NC2=O. The number of amides is 3. The highest BCUT2D eigenvalue weighted by Gasteiger charge is 2.60. The van der Waals surface area contributed by atoms with Crippen molar-refractivity contribution in [3.63, 3.8) is 0 Å². The van der Waals surface area contributed by atoms with Crippen LogP contribution in [0.3, 0.4) is 0 Å². The van der Waals surface area contributed by atoms with E-state index >= 15 is 0 Å². The molecule has 2 aliphatic rings. The van der Waals surface area contributed by atoms with Crippen LogP contribution >= 0.6 is 0 Å². The number of hydrogen-bond acceptors (Lipinski definition) is 4. The first kappa shape index (κ1) is 16.6. The maximum Gasteiger partial charge on any atom is 0.232 e. The van der Waals surface area contributed by atoms with E-state index in [-0.39, 0.29) is 17.7 Å². The van der Waals surface area contributed by atoms with Crippen LogP contribution < -0.4 is 10.6 Å². The lowest BCUT2D eigenvalue weighted by Crippen LogP contribution is -2.63. The summed E-state index contributed by atoms with van der Waals surface area (Å²) in [6.07, 6.45) is 4.76. The van der Waals surface area contributed by atoms with E-state index < -0.39 is 16.2 Å². The molecule has 3 rings (SSSR count). The predicted octanol–water partition coefficient (Wildman–Crippen LogP) is 1.56. The van der Waals surface area contributed by atoms with Crippen LogP contribution in [0.5, 0.6) is 0 Å². The number of carbonyl (C=O) groups excluding carboxylic acids is 3. The fourth-order valence-corrected chi connectivity index (χ4v) is 4.56. The molecular formula is C18H23N3O3. The minimum Gasteiger partial charge on any atom is -0.351 e. The number of hydrogen-bond donors (Lipinski definition) is 2. The summed E-state index contributed by atoms with van der Waals surface area (Å²) < 4.78 is 0. The molecule has 2 atom stereocenters. The van der Waals surface area contributed by atoms with E-state index in [4.69, 9.17) is 0 Å². The van der Waals surface area contributed by atoms with Gasteiger partial charge in [0.2, 0.25) is 17.7 Å². The average Bonchev–Trinajstić information content (AvgIpc) is 2.51. The molecule has 6 heteroatoms. The maximum atomic E-state index is 12.8. The average molecular weight is 329 g/mol. The minimum atomic E-state index is -0.753. The Labute approximate surface area is 141 Å². The highest BCUT2D eigenvalue weighted by Crippen LogP contribution is 2.56. The summed E-state index contributed by atoms with van der Waals surface area (Å²) in [4.78, 5) is 41.5. The smallest absolute Gasteiger partial charge is 0.232 e. The summed E-state index contributed by atoms with van der Waals surface area (Å²) in [5, 5.41) is 5.42. The van der Waals surface area contributed by atoms with Crippen LogP contribution in [0.1, 0.15) is 45.6 Å². The van der Waals surface area contributed by atoms with Gasteiger partial charge in [-0.3, -0.25) is 24.7 Å². The first-order valence-corrected chi connectivity index (χ1v) is 8.20. The molecule has 6 nitrogen and oxygen atoms in total. The van der Waals surface area contributed by atoms with Gasteiger partial charge in [-0.15, -0.1) is 0 Å². The van der Waals surface area contributed by atoms with Crippen LogP contribution in [0.4, 0.5) is 0 Å². The van der Waals surface area contributed by atoms with E-state index in [1.165, 1.54) is 0 Å². The minimum absolute atomic E-state index is 0.119. The lowest BCUT2D eigenvalue weighted by molar-refractivity contribution is -0.164. The molecule has 0 aromatic carbocycles. The zero-order chi connectivity index (χ0) is 17.6. The largest absolute Gasteiger partial charge is 0.351 e. The summed E-state index contributed by atoms with van der Waals surface area (Å²) >= 11 is 0. The Balaban J connectivity index is 1.80. The van der Waals surface area contributed by atoms with Gasteiger partial charge >= 0.3 is 0 Å². The summed E-state index contributed by atoms with van der Waals surface area (Å²) in [6, 6.07) is 3.71. The number of rotatable bonds is 3. The Hall–Kier alpha value is -2.24. The number of nitrogens with one attached hydrogen (secondary N) is 2. The normalized spacial score (nSPS) is 35.3. The van der Waals surface area contributed by atoms with Gasteiger partial charge in [-0.25, -0.2) is 0 Å². The molecule has 1 aromatic rings. The van der Waals surface area contributed by atoms with E-state index in [2.05, 4.69) is 15.6 Å². The Morgan fingerprint density at radius 2 is 1.79 bits per heavy atom. The number of pyridine rings is 1. The molecule has 0 spiro atoms. The Bertz CT molecular complexity index is 675. The third-order valence-corrected chi connectivity index (χ3v) is 5.39. The first-order chi connectivity index (χ1) is 11.2. The standard InChI is InChI=1S/C18H23N3O3/c1-16(13(22)20-8-12-5-4-6-19-7-12)9-17(2)11-18(3,10-16)15(24)21-14(17)23/h4-7H,8-11H2,1-3H3,(H,20,22)(H,21,23,24). The molecular weight excluding hydrogens is 306 g/mol. The monoisotopic (exact) mass is 329 g/mol. The predicted molar refractivity (Wildman–Crippen MR) is 87.4 cm³/mol. The van der Waals surface area contributed by atoms with Crippen molar-refractivity contribution >= 4 is 17.7 Å². The van der Waals surface area contributed by atoms with Crippen LogP contribution in [0.25, 0.3) is 0 Å². The second-order valence-electron chi connectivity index (χ2n) is 8.04. The van der Waals surface area contributed by atoms with Crippen LogP contribution in [-0.4, -0.2) is 22.7 Å². The van der Waals surface area contributed by atoms with Gasteiger partial charge in [0.05, 0.1) is 0 Å². The Morgan fingerprint density at radius 3 is 2.33 bits per heavy atom. The molecule has 1 aliphatic carbocycles. The van der Waals surface area contributed by atoms with Crippen molar-refractivity contribution < 1.29 is 14.4 Å². The summed E-state index contributed by atoms with van der Waals surface area (Å²) in [7, 11) is 0. The highest BCUT2D eigenvalue weighted by molar-refractivity contribution is 6.04. The quantitative estimate of drug-likeness (QED) is 0.824. The van der Waals surface area contributed by atoms with Crippen molar-refractivity contribution in [3.8, 4) is 0 Å². The second kappa shape index (κ2) is 5.40. The number of carbonyl (C=O) groups is 3. The first-order valence-electron chi connectivity index (χ1n) is 8.20. The number of aromatic nitrogens is 1. The Kier molecular flexibility index (Phi) is 3.73. The van der Waals surface area contributed by atoms with Crippen molar-refractivity contribution in [1.29, 1.82) is 0 Å². The van der Waals surface area contributed by atoms with E-state index in [0.717, 1.165) is 5.56 Å². The lowest BCUT2D eigenvalue weighted by atomic mass is 9.52. The van der Waals surface area contributed by atoms with Crippen LogP contribution in [0.15, 0.2) is 24.5 Å². The molecule has 2 N–H and O–H groups in total. The van der Waals surface area contributed by atoms with E-state index in [0.29, 0.717) is 25.8 Å². The van der Waals surface area contributed by atoms with Gasteiger partial charge in [-0.05, 0) is 30.9 Å². The third-order valence-electron chi connectivity index (χ3n) is 5.39. The molecule has 24 heavy (non-hydrogen) atoms. The van der Waals surface area contributed by atoms with Gasteiger partial charge in [0, 0.05) is 35.2 Å². The van der Waals surface area contributed by atoms with Gasteiger partial charge in [0.1, 0.15) is 0 Å². The molecule has 1 aliphatic heterocycles. The number of fused-ring (bicyclic) bond motifs is 2. The Morgan fingerprint density at radius 1 is 1.17 bits per heavy atom. The lowest BCUT2D eigenvalue weighted by Gasteiger charge is -2.53. The van der Waals surface area contributed by atoms with Crippen molar-refractivity contribution in [2.75, 3.05) is 0 Å². The summed E-state index contributed by atoms with van der Waals surface area (Å²) in [6.45, 7) is 5.93. The number of imide groups is 1. The molecule has 2 bridgehead atoms. The van der Waals surface area contributed by atoms with Crippen LogP contribution in [0, 0.1) is 16.2 Å². The molecule has 3 amide bonds. The molecule has 2 heterocycles. The van der Waals surface area contributed by atoms with Crippen molar-refractivity contribution in [2.24, 2.45) is 16.2 Å². The van der Waals surface area contributed by atoms with E-state index in [1.54, 1.807) is 12.4 Å². The van der Waals surface area contributed by atoms with E-state index in [1.807, 2.05) is 32.9 Å². The fourth-order valence-electron chi connectivity index (χ4n) is 4.56. The second-order valence-corrected chi connectivity index (χ2v) is 8.04. The zero-order valence-corrected chi connectivity index (χ0v) is 14.3. The van der Waals surface area contributed by atoms with Crippen LogP contribution in [-0.2, 0) is 20.9 Å². The summed E-state index contributed by atoms with van der Waals surface area (Å²) in [5.41, 5.74) is -1.23. The van der Waals surface area contributed by atoms with Gasteiger partial charge in [0.15, 0.2) is 0 Å². The molecule has 128 valence electrons. The van der Waals surface area contributed by atoms with E-state index in [9.17, 15) is 14.4 Å². The molecule has 1 saturated heterocycles. The molecule has 2 unspecified atom stereocenters. The summed E-state index contributed by atoms with van der Waals surface area (Å²) in [5.74, 6) is -0.655. The van der Waals surface area contributed by atoms with Gasteiger partial charge in [0.25, 0.3) is 0 Å². The molecule has 0 radical (unpaired) electrons. The van der Waals surface area contributed by atoms with Crippen molar-refractivity contribution in [1.82, 2.24) is 15.6 Å². The molecule has 1 aromatic heterocycles. The third kappa shape index (κ3) is 2.70.